The van der Waals surface area contributed by atoms with Crippen LogP contribution in [0.5, 0.6) is 0 Å². The molecule has 18 heavy (non-hydrogen) atoms. The zero-order valence-electron chi connectivity index (χ0n) is 10.5. The maximum atomic E-state index is 12.7. The number of aromatic nitrogens is 1. The zero-order chi connectivity index (χ0) is 13.0. The first kappa shape index (κ1) is 12.8. The number of piperidine rings is 1. The second-order valence-electron chi connectivity index (χ2n) is 4.61. The third kappa shape index (κ3) is 3.18. The van der Waals surface area contributed by atoms with Gasteiger partial charge in [-0.05, 0) is 38.3 Å². The zero-order valence-corrected chi connectivity index (χ0v) is 10.5. The molecular formula is C13H18FN3O. The van der Waals surface area contributed by atoms with Crippen LogP contribution >= 0.6 is 0 Å². The molecule has 2 heterocycles. The number of hydrogen-bond acceptors (Lipinski definition) is 3. The minimum atomic E-state index is -0.379. The molecule has 0 aromatic carbocycles. The van der Waals surface area contributed by atoms with Crippen LogP contribution in [-0.4, -0.2) is 34.9 Å². The number of amides is 1. The van der Waals surface area contributed by atoms with Crippen LogP contribution in [-0.2, 0) is 4.79 Å². The summed E-state index contributed by atoms with van der Waals surface area (Å²) in [6, 6.07) is 2.53. The summed E-state index contributed by atoms with van der Waals surface area (Å²) in [4.78, 5) is 17.9. The van der Waals surface area contributed by atoms with Crippen molar-refractivity contribution < 1.29 is 9.18 Å². The standard InChI is InChI=1S/C13H18FN3O/c1-10(13(18)17-7-3-2-4-8-17)16-12-6-5-11(14)9-15-12/h5-6,9-10H,2-4,7-8H2,1H3,(H,15,16). The van der Waals surface area contributed by atoms with Gasteiger partial charge in [0.1, 0.15) is 17.7 Å². The Kier molecular flexibility index (Phi) is 4.12. The number of carbonyl (C=O) groups is 1. The molecule has 1 N–H and O–H groups in total. The monoisotopic (exact) mass is 251 g/mol. The molecule has 0 radical (unpaired) electrons. The van der Waals surface area contributed by atoms with Gasteiger partial charge in [-0.15, -0.1) is 0 Å². The summed E-state index contributed by atoms with van der Waals surface area (Å²) in [5, 5.41) is 3.00. The lowest BCUT2D eigenvalue weighted by Crippen LogP contribution is -2.44. The van der Waals surface area contributed by atoms with E-state index in [9.17, 15) is 9.18 Å². The number of nitrogens with one attached hydrogen (secondary N) is 1. The molecule has 0 saturated carbocycles. The fourth-order valence-corrected chi connectivity index (χ4v) is 2.13. The fourth-order valence-electron chi connectivity index (χ4n) is 2.13. The van der Waals surface area contributed by atoms with Gasteiger partial charge in [-0.2, -0.15) is 0 Å². The van der Waals surface area contributed by atoms with Crippen molar-refractivity contribution in [2.45, 2.75) is 32.2 Å². The Bertz CT molecular complexity index is 401. The van der Waals surface area contributed by atoms with Crippen LogP contribution in [0.4, 0.5) is 10.2 Å². The Morgan fingerprint density at radius 1 is 1.39 bits per heavy atom. The Hall–Kier alpha value is -1.65. The molecule has 1 unspecified atom stereocenters. The average Bonchev–Trinajstić information content (AvgIpc) is 2.41. The van der Waals surface area contributed by atoms with Crippen molar-refractivity contribution in [2.24, 2.45) is 0 Å². The molecule has 0 bridgehead atoms. The molecule has 1 aliphatic heterocycles. The van der Waals surface area contributed by atoms with E-state index in [2.05, 4.69) is 10.3 Å². The summed E-state index contributed by atoms with van der Waals surface area (Å²) in [5.74, 6) is 0.227. The second kappa shape index (κ2) is 5.80. The molecule has 1 fully saturated rings. The van der Waals surface area contributed by atoms with Crippen LogP contribution < -0.4 is 5.32 Å². The molecule has 4 nitrogen and oxygen atoms in total. The van der Waals surface area contributed by atoms with Gasteiger partial charge >= 0.3 is 0 Å². The van der Waals surface area contributed by atoms with E-state index in [0.717, 1.165) is 32.1 Å². The van der Waals surface area contributed by atoms with E-state index < -0.39 is 0 Å². The minimum Gasteiger partial charge on any atom is -0.359 e. The van der Waals surface area contributed by atoms with Gasteiger partial charge in [-0.3, -0.25) is 4.79 Å². The summed E-state index contributed by atoms with van der Waals surface area (Å²) in [5.41, 5.74) is 0. The molecule has 1 saturated heterocycles. The fraction of sp³-hybridized carbons (Fsp3) is 0.538. The number of likely N-dealkylation sites (tertiary alicyclic amines) is 1. The van der Waals surface area contributed by atoms with E-state index in [0.29, 0.717) is 5.82 Å². The molecule has 98 valence electrons. The summed E-state index contributed by atoms with van der Waals surface area (Å²) < 4.78 is 12.7. The van der Waals surface area contributed by atoms with E-state index in [1.807, 2.05) is 11.8 Å². The number of carbonyl (C=O) groups excluding carboxylic acids is 1. The molecule has 1 amide bonds. The number of anilines is 1. The molecule has 1 atom stereocenters. The molecular weight excluding hydrogens is 233 g/mol. The van der Waals surface area contributed by atoms with Gasteiger partial charge in [0.25, 0.3) is 0 Å². The first-order valence-electron chi connectivity index (χ1n) is 6.34. The first-order chi connectivity index (χ1) is 8.66. The Morgan fingerprint density at radius 2 is 2.11 bits per heavy atom. The minimum absolute atomic E-state index is 0.0841. The lowest BCUT2D eigenvalue weighted by atomic mass is 10.1. The second-order valence-corrected chi connectivity index (χ2v) is 4.61. The van der Waals surface area contributed by atoms with Gasteiger partial charge in [0, 0.05) is 13.1 Å². The lowest BCUT2D eigenvalue weighted by Gasteiger charge is -2.29. The third-order valence-corrected chi connectivity index (χ3v) is 3.13. The summed E-state index contributed by atoms with van der Waals surface area (Å²) in [6.07, 6.45) is 4.49. The van der Waals surface area contributed by atoms with Crippen LogP contribution in [0.15, 0.2) is 18.3 Å². The van der Waals surface area contributed by atoms with Crippen molar-refractivity contribution >= 4 is 11.7 Å². The Morgan fingerprint density at radius 3 is 2.72 bits per heavy atom. The predicted molar refractivity (Wildman–Crippen MR) is 67.7 cm³/mol. The van der Waals surface area contributed by atoms with Gasteiger partial charge < -0.3 is 10.2 Å². The molecule has 1 aromatic heterocycles. The number of nitrogens with zero attached hydrogens (tertiary/aromatic N) is 2. The quantitative estimate of drug-likeness (QED) is 0.894. The highest BCUT2D eigenvalue weighted by atomic mass is 19.1. The topological polar surface area (TPSA) is 45.2 Å². The first-order valence-corrected chi connectivity index (χ1v) is 6.34. The largest absolute Gasteiger partial charge is 0.359 e. The predicted octanol–water partition coefficient (Wildman–Crippen LogP) is 2.03. The highest BCUT2D eigenvalue weighted by Gasteiger charge is 2.22. The molecule has 5 heteroatoms. The van der Waals surface area contributed by atoms with Gasteiger partial charge in [-0.1, -0.05) is 0 Å². The number of pyridine rings is 1. The van der Waals surface area contributed by atoms with E-state index in [1.54, 1.807) is 0 Å². The van der Waals surface area contributed by atoms with Crippen molar-refractivity contribution in [2.75, 3.05) is 18.4 Å². The normalized spacial score (nSPS) is 17.3. The highest BCUT2D eigenvalue weighted by molar-refractivity contribution is 5.84. The van der Waals surface area contributed by atoms with E-state index in [1.165, 1.54) is 18.6 Å². The molecule has 1 aromatic rings. The third-order valence-electron chi connectivity index (χ3n) is 3.13. The number of hydrogen-bond donors (Lipinski definition) is 1. The Balaban J connectivity index is 1.92. The van der Waals surface area contributed by atoms with Crippen molar-refractivity contribution in [3.8, 4) is 0 Å². The van der Waals surface area contributed by atoms with Crippen LogP contribution in [0.1, 0.15) is 26.2 Å². The van der Waals surface area contributed by atoms with Crippen LogP contribution in [0, 0.1) is 5.82 Å². The van der Waals surface area contributed by atoms with Gasteiger partial charge in [0.05, 0.1) is 6.20 Å². The van der Waals surface area contributed by atoms with E-state index >= 15 is 0 Å². The van der Waals surface area contributed by atoms with E-state index in [4.69, 9.17) is 0 Å². The van der Waals surface area contributed by atoms with Crippen LogP contribution in [0.3, 0.4) is 0 Å². The van der Waals surface area contributed by atoms with Gasteiger partial charge in [0.15, 0.2) is 0 Å². The Labute approximate surface area is 106 Å². The molecule has 2 rings (SSSR count). The number of halogens is 1. The van der Waals surface area contributed by atoms with Crippen LogP contribution in [0.25, 0.3) is 0 Å². The van der Waals surface area contributed by atoms with Crippen molar-refractivity contribution in [1.82, 2.24) is 9.88 Å². The summed E-state index contributed by atoms with van der Waals surface area (Å²) >= 11 is 0. The summed E-state index contributed by atoms with van der Waals surface area (Å²) in [6.45, 7) is 3.48. The highest BCUT2D eigenvalue weighted by Crippen LogP contribution is 2.12. The average molecular weight is 251 g/mol. The van der Waals surface area contributed by atoms with Gasteiger partial charge in [0.2, 0.25) is 5.91 Å². The summed E-state index contributed by atoms with van der Waals surface area (Å²) in [7, 11) is 0. The maximum Gasteiger partial charge on any atom is 0.244 e. The van der Waals surface area contributed by atoms with Crippen molar-refractivity contribution in [1.29, 1.82) is 0 Å². The molecule has 0 spiro atoms. The molecule has 0 aliphatic carbocycles. The molecule has 1 aliphatic rings. The van der Waals surface area contributed by atoms with Crippen LogP contribution in [0.2, 0.25) is 0 Å². The van der Waals surface area contributed by atoms with Crippen molar-refractivity contribution in [3.05, 3.63) is 24.1 Å². The van der Waals surface area contributed by atoms with Crippen molar-refractivity contribution in [3.63, 3.8) is 0 Å². The number of rotatable bonds is 3. The van der Waals surface area contributed by atoms with Gasteiger partial charge in [-0.25, -0.2) is 9.37 Å². The van der Waals surface area contributed by atoms with E-state index in [-0.39, 0.29) is 17.8 Å². The SMILES string of the molecule is CC(Nc1ccc(F)cn1)C(=O)N1CCCCC1. The maximum absolute atomic E-state index is 12.7. The lowest BCUT2D eigenvalue weighted by molar-refractivity contribution is -0.132. The smallest absolute Gasteiger partial charge is 0.244 e.